The van der Waals surface area contributed by atoms with Crippen molar-refractivity contribution in [3.05, 3.63) is 48.6 Å². The first-order chi connectivity index (χ1) is 24.2. The first-order valence-electron chi connectivity index (χ1n) is 17.7. The summed E-state index contributed by atoms with van der Waals surface area (Å²) in [5, 5.41) is 8.11. The predicted molar refractivity (Wildman–Crippen MR) is 190 cm³/mol. The van der Waals surface area contributed by atoms with E-state index in [1.807, 2.05) is 40.7 Å². The van der Waals surface area contributed by atoms with Crippen molar-refractivity contribution in [2.45, 2.75) is 116 Å². The van der Waals surface area contributed by atoms with Gasteiger partial charge >= 0.3 is 0 Å². The molecule has 1 aliphatic carbocycles. The number of hydrogen-bond acceptors (Lipinski definition) is 8. The number of ketones is 1. The fraction of sp³-hybridized carbons (Fsp3) is 0.579. The lowest BCUT2D eigenvalue weighted by Gasteiger charge is -2.63. The molecule has 5 atom stereocenters. The van der Waals surface area contributed by atoms with Crippen LogP contribution in [-0.2, 0) is 24.0 Å². The van der Waals surface area contributed by atoms with Gasteiger partial charge in [-0.25, -0.2) is 4.98 Å². The first kappa shape index (κ1) is 38.9. The van der Waals surface area contributed by atoms with Gasteiger partial charge in [-0.2, -0.15) is 0 Å². The van der Waals surface area contributed by atoms with Crippen LogP contribution in [0.5, 0.6) is 0 Å². The van der Waals surface area contributed by atoms with Gasteiger partial charge in [0.15, 0.2) is 0 Å². The van der Waals surface area contributed by atoms with Crippen molar-refractivity contribution in [1.29, 1.82) is 0 Å². The molecule has 3 aliphatic rings. The van der Waals surface area contributed by atoms with Crippen molar-refractivity contribution in [3.8, 4) is 12.3 Å². The molecule has 1 aromatic rings. The normalized spacial score (nSPS) is 22.1. The summed E-state index contributed by atoms with van der Waals surface area (Å²) in [6, 6.07) is -4.03. The summed E-state index contributed by atoms with van der Waals surface area (Å²) in [4.78, 5) is 93.6. The molecule has 2 unspecified atom stereocenters. The van der Waals surface area contributed by atoms with Crippen molar-refractivity contribution < 1.29 is 28.8 Å². The van der Waals surface area contributed by atoms with E-state index in [9.17, 15) is 28.8 Å². The Hall–Kier alpha value is -4.86. The maximum absolute atomic E-state index is 15.0. The van der Waals surface area contributed by atoms with Gasteiger partial charge in [-0.05, 0) is 44.9 Å². The Morgan fingerprint density at radius 3 is 2.43 bits per heavy atom. The average molecular weight is 702 g/mol. The predicted octanol–water partition coefficient (Wildman–Crippen LogP) is 2.49. The monoisotopic (exact) mass is 701 g/mol. The summed E-state index contributed by atoms with van der Waals surface area (Å²) in [5.41, 5.74) is -0.528. The van der Waals surface area contributed by atoms with E-state index in [2.05, 4.69) is 38.4 Å². The third-order valence-electron chi connectivity index (χ3n) is 9.99. The standard InChI is InChI=1S/C38H51N7O6/c1-8-10-14-26(29(46)34(49)41-18-9-2)42-33(48)28-25(22-24(3)4)15-21-44(28)36(51)31(37(5,6)7)45-35(50)30(38(45)16-12-11-13-17-38)43-32(47)27-23-39-19-20-40-27/h1,9,19-20,22-23,25-26,28,30-31H,2,10-18,21H2,3-7H3,(H,41,49)(H,42,48)(H,43,47)/t25?,26?,28-,30+,31+/m0/s1. The number of allylic oxidation sites excluding steroid dienone is 1. The zero-order valence-corrected chi connectivity index (χ0v) is 30.4. The summed E-state index contributed by atoms with van der Waals surface area (Å²) in [6.45, 7) is 13.3. The van der Waals surface area contributed by atoms with Crippen LogP contribution in [-0.4, -0.2) is 97.9 Å². The van der Waals surface area contributed by atoms with Crippen LogP contribution in [0.3, 0.4) is 0 Å². The molecule has 1 spiro atoms. The van der Waals surface area contributed by atoms with Crippen LogP contribution in [0.15, 0.2) is 42.9 Å². The van der Waals surface area contributed by atoms with E-state index >= 15 is 0 Å². The molecule has 274 valence electrons. The van der Waals surface area contributed by atoms with E-state index in [1.54, 1.807) is 4.90 Å². The van der Waals surface area contributed by atoms with Crippen LogP contribution >= 0.6 is 0 Å². The number of terminal acetylenes is 1. The van der Waals surface area contributed by atoms with E-state index in [4.69, 9.17) is 6.42 Å². The number of carbonyl (C=O) groups is 6. The molecule has 1 aromatic heterocycles. The minimum Gasteiger partial charge on any atom is -0.346 e. The van der Waals surface area contributed by atoms with Crippen molar-refractivity contribution >= 4 is 35.3 Å². The molecule has 0 bridgehead atoms. The summed E-state index contributed by atoms with van der Waals surface area (Å²) in [5.74, 6) is -1.50. The van der Waals surface area contributed by atoms with Crippen molar-refractivity contribution in [3.63, 3.8) is 0 Å². The number of rotatable bonds is 13. The minimum atomic E-state index is -1.21. The molecular formula is C38H51N7O6. The number of carbonyl (C=O) groups excluding carboxylic acids is 6. The summed E-state index contributed by atoms with van der Waals surface area (Å²) in [6.07, 6.45) is 17.5. The minimum absolute atomic E-state index is 0.0354. The summed E-state index contributed by atoms with van der Waals surface area (Å²) < 4.78 is 0. The molecule has 2 aliphatic heterocycles. The Morgan fingerprint density at radius 2 is 1.84 bits per heavy atom. The lowest BCUT2D eigenvalue weighted by Crippen LogP contribution is -2.83. The van der Waals surface area contributed by atoms with Crippen LogP contribution in [0.2, 0.25) is 0 Å². The number of nitrogens with one attached hydrogen (secondary N) is 3. The third kappa shape index (κ3) is 8.38. The first-order valence-corrected chi connectivity index (χ1v) is 17.7. The van der Waals surface area contributed by atoms with E-state index in [-0.39, 0.29) is 49.4 Å². The fourth-order valence-electron chi connectivity index (χ4n) is 7.75. The van der Waals surface area contributed by atoms with Gasteiger partial charge in [0.1, 0.15) is 23.8 Å². The van der Waals surface area contributed by atoms with E-state index in [1.165, 1.54) is 29.6 Å². The quantitative estimate of drug-likeness (QED) is 0.122. The molecule has 3 N–H and O–H groups in total. The van der Waals surface area contributed by atoms with Crippen LogP contribution in [0.1, 0.15) is 96.5 Å². The molecular weight excluding hydrogens is 650 g/mol. The van der Waals surface area contributed by atoms with E-state index in [0.717, 1.165) is 24.8 Å². The Labute approximate surface area is 300 Å². The molecule has 13 nitrogen and oxygen atoms in total. The molecule has 0 aromatic carbocycles. The van der Waals surface area contributed by atoms with Gasteiger partial charge in [0.25, 0.3) is 11.8 Å². The topological polar surface area (TPSA) is 171 Å². The van der Waals surface area contributed by atoms with Crippen molar-refractivity contribution in [2.24, 2.45) is 11.3 Å². The molecule has 5 amide bonds. The molecule has 4 rings (SSSR count). The molecule has 3 heterocycles. The number of hydrogen-bond donors (Lipinski definition) is 3. The average Bonchev–Trinajstić information content (AvgIpc) is 3.52. The van der Waals surface area contributed by atoms with Gasteiger partial charge in [-0.15, -0.1) is 18.9 Å². The Balaban J connectivity index is 1.68. The van der Waals surface area contributed by atoms with E-state index in [0.29, 0.717) is 19.3 Å². The molecule has 3 fully saturated rings. The molecule has 0 radical (unpaired) electrons. The Morgan fingerprint density at radius 1 is 1.14 bits per heavy atom. The SMILES string of the molecule is C#CCCC(NC(=O)[C@@H]1C(C=C(C)C)CCN1C(=O)[C@@H](N1C(=O)[C@@H](NC(=O)c2cnccn2)C12CCCCC2)C(C)(C)C)C(=O)C(=O)NCC=C. The van der Waals surface area contributed by atoms with Crippen LogP contribution in [0, 0.1) is 23.7 Å². The number of likely N-dealkylation sites (tertiary alicyclic amines) is 2. The Bertz CT molecular complexity index is 1580. The maximum atomic E-state index is 15.0. The van der Waals surface area contributed by atoms with Crippen LogP contribution < -0.4 is 16.0 Å². The number of β-lactam (4-membered cyclic amide) rings is 1. The number of nitrogens with zero attached hydrogens (tertiary/aromatic N) is 4. The highest BCUT2D eigenvalue weighted by molar-refractivity contribution is 6.38. The van der Waals surface area contributed by atoms with Crippen molar-refractivity contribution in [2.75, 3.05) is 13.1 Å². The van der Waals surface area contributed by atoms with Crippen molar-refractivity contribution in [1.82, 2.24) is 35.7 Å². The zero-order chi connectivity index (χ0) is 37.5. The zero-order valence-electron chi connectivity index (χ0n) is 30.4. The second kappa shape index (κ2) is 16.4. The molecule has 13 heteroatoms. The second-order valence-electron chi connectivity index (χ2n) is 15.0. The fourth-order valence-corrected chi connectivity index (χ4v) is 7.75. The molecule has 1 saturated carbocycles. The highest BCUT2D eigenvalue weighted by Crippen LogP contribution is 2.49. The van der Waals surface area contributed by atoms with Gasteiger partial charge in [0.05, 0.1) is 17.8 Å². The van der Waals surface area contributed by atoms with E-state index < -0.39 is 58.6 Å². The largest absolute Gasteiger partial charge is 0.346 e. The van der Waals surface area contributed by atoms with Gasteiger partial charge in [-0.3, -0.25) is 33.8 Å². The highest BCUT2D eigenvalue weighted by atomic mass is 16.2. The smallest absolute Gasteiger partial charge is 0.289 e. The summed E-state index contributed by atoms with van der Waals surface area (Å²) in [7, 11) is 0. The van der Waals surface area contributed by atoms with Crippen LogP contribution in [0.4, 0.5) is 0 Å². The highest BCUT2D eigenvalue weighted by Gasteiger charge is 2.65. The number of amides is 5. The van der Waals surface area contributed by atoms with Gasteiger partial charge < -0.3 is 25.8 Å². The molecule has 51 heavy (non-hydrogen) atoms. The van der Waals surface area contributed by atoms with Crippen LogP contribution in [0.25, 0.3) is 0 Å². The van der Waals surface area contributed by atoms with Gasteiger partial charge in [0, 0.05) is 37.8 Å². The van der Waals surface area contributed by atoms with Gasteiger partial charge in [-0.1, -0.05) is 57.8 Å². The number of aromatic nitrogens is 2. The summed E-state index contributed by atoms with van der Waals surface area (Å²) >= 11 is 0. The lowest BCUT2D eigenvalue weighted by molar-refractivity contribution is -0.187. The second-order valence-corrected chi connectivity index (χ2v) is 15.0. The van der Waals surface area contributed by atoms with Gasteiger partial charge in [0.2, 0.25) is 23.5 Å². The Kier molecular flexibility index (Phi) is 12.6. The third-order valence-corrected chi connectivity index (χ3v) is 9.99. The molecule has 2 saturated heterocycles. The lowest BCUT2D eigenvalue weighted by atomic mass is 9.65. The number of Topliss-reactive ketones (excluding diaryl/α,β-unsaturated/α-hetero) is 1. The maximum Gasteiger partial charge on any atom is 0.289 e.